The highest BCUT2D eigenvalue weighted by atomic mass is 16.3. The molecule has 1 aromatic rings. The Labute approximate surface area is 95.1 Å². The monoisotopic (exact) mass is 238 g/mol. The summed E-state index contributed by atoms with van der Waals surface area (Å²) in [5.41, 5.74) is 7.82. The Bertz CT molecular complexity index is 529. The molecule has 0 spiro atoms. The first-order valence-electron chi connectivity index (χ1n) is 4.73. The van der Waals surface area contributed by atoms with Gasteiger partial charge in [-0.2, -0.15) is 5.10 Å². The van der Waals surface area contributed by atoms with Gasteiger partial charge in [-0.05, 0) is 0 Å². The number of hydrogen-bond donors (Lipinski definition) is 5. The Morgan fingerprint density at radius 1 is 1.47 bits per heavy atom. The zero-order valence-electron chi connectivity index (χ0n) is 8.58. The second-order valence-electron chi connectivity index (χ2n) is 3.48. The predicted molar refractivity (Wildman–Crippen MR) is 54.4 cm³/mol. The SMILES string of the molecule is NC(=O)c1nc(C2=C=C(CO)C(O)C2O)n[nH]1. The van der Waals surface area contributed by atoms with Crippen LogP contribution in [0, 0.1) is 0 Å². The highest BCUT2D eigenvalue weighted by molar-refractivity contribution is 5.89. The third-order valence-corrected chi connectivity index (χ3v) is 2.38. The largest absolute Gasteiger partial charge is 0.391 e. The van der Waals surface area contributed by atoms with Crippen LogP contribution >= 0.6 is 0 Å². The van der Waals surface area contributed by atoms with Gasteiger partial charge in [-0.25, -0.2) is 4.98 Å². The summed E-state index contributed by atoms with van der Waals surface area (Å²) in [6.45, 7) is -0.436. The average molecular weight is 238 g/mol. The molecule has 0 saturated carbocycles. The average Bonchev–Trinajstić information content (AvgIpc) is 2.87. The summed E-state index contributed by atoms with van der Waals surface area (Å²) in [6.07, 6.45) is -2.53. The van der Waals surface area contributed by atoms with Gasteiger partial charge >= 0.3 is 0 Å². The molecule has 17 heavy (non-hydrogen) atoms. The molecule has 8 nitrogen and oxygen atoms in total. The number of aliphatic hydroxyl groups excluding tert-OH is 3. The number of aliphatic hydroxyl groups is 3. The summed E-state index contributed by atoms with van der Waals surface area (Å²) in [5.74, 6) is -0.939. The number of H-pyrrole nitrogens is 1. The molecule has 90 valence electrons. The molecule has 1 amide bonds. The Kier molecular flexibility index (Phi) is 2.78. The number of nitrogens with zero attached hydrogens (tertiary/aromatic N) is 2. The van der Waals surface area contributed by atoms with Crippen LogP contribution in [0.4, 0.5) is 0 Å². The van der Waals surface area contributed by atoms with Crippen LogP contribution in [-0.4, -0.2) is 55.2 Å². The number of carbonyl (C=O) groups excluding carboxylic acids is 1. The van der Waals surface area contributed by atoms with Crippen LogP contribution in [0.5, 0.6) is 0 Å². The van der Waals surface area contributed by atoms with E-state index in [4.69, 9.17) is 10.8 Å². The number of carbonyl (C=O) groups is 1. The second-order valence-corrected chi connectivity index (χ2v) is 3.48. The lowest BCUT2D eigenvalue weighted by Crippen LogP contribution is -2.26. The van der Waals surface area contributed by atoms with Gasteiger partial charge in [0.25, 0.3) is 5.91 Å². The minimum Gasteiger partial charge on any atom is -0.391 e. The zero-order valence-corrected chi connectivity index (χ0v) is 8.58. The maximum absolute atomic E-state index is 10.8. The van der Waals surface area contributed by atoms with Gasteiger partial charge < -0.3 is 21.1 Å². The van der Waals surface area contributed by atoms with Gasteiger partial charge in [0.2, 0.25) is 5.82 Å². The van der Waals surface area contributed by atoms with Crippen LogP contribution in [0.2, 0.25) is 0 Å². The molecule has 8 heteroatoms. The first-order valence-corrected chi connectivity index (χ1v) is 4.73. The minimum atomic E-state index is -1.28. The molecule has 6 N–H and O–H groups in total. The van der Waals surface area contributed by atoms with E-state index < -0.39 is 24.7 Å². The standard InChI is InChI=1S/C9H10N4O4/c10-7(17)9-11-8(12-13-9)4-1-3(2-14)5(15)6(4)16/h5-6,14-16H,2H2,(H2,10,17)(H,11,12,13). The lowest BCUT2D eigenvalue weighted by Gasteiger charge is -2.11. The molecular formula is C9H10N4O4. The molecule has 1 aliphatic rings. The fraction of sp³-hybridized carbons (Fsp3) is 0.333. The van der Waals surface area contributed by atoms with E-state index in [0.29, 0.717) is 0 Å². The Hall–Kier alpha value is -1.99. The fourth-order valence-corrected chi connectivity index (χ4v) is 1.48. The zero-order chi connectivity index (χ0) is 12.6. The number of primary amides is 1. The normalized spacial score (nSPS) is 23.5. The van der Waals surface area contributed by atoms with E-state index in [2.05, 4.69) is 20.9 Å². The number of aromatic amines is 1. The summed E-state index contributed by atoms with van der Waals surface area (Å²) in [5, 5.41) is 34.1. The van der Waals surface area contributed by atoms with Gasteiger partial charge in [0.1, 0.15) is 12.2 Å². The summed E-state index contributed by atoms with van der Waals surface area (Å²) in [6, 6.07) is 0. The van der Waals surface area contributed by atoms with Crippen molar-refractivity contribution in [2.45, 2.75) is 12.2 Å². The van der Waals surface area contributed by atoms with Crippen molar-refractivity contribution in [2.75, 3.05) is 6.61 Å². The predicted octanol–water partition coefficient (Wildman–Crippen LogP) is -2.46. The van der Waals surface area contributed by atoms with Crippen LogP contribution in [0.15, 0.2) is 11.3 Å². The van der Waals surface area contributed by atoms with E-state index in [1.54, 1.807) is 0 Å². The molecule has 2 unspecified atom stereocenters. The van der Waals surface area contributed by atoms with E-state index in [1.165, 1.54) is 0 Å². The molecule has 0 radical (unpaired) electrons. The maximum atomic E-state index is 10.8. The van der Waals surface area contributed by atoms with Crippen LogP contribution in [-0.2, 0) is 0 Å². The Morgan fingerprint density at radius 3 is 2.65 bits per heavy atom. The van der Waals surface area contributed by atoms with Gasteiger partial charge in [0.15, 0.2) is 5.82 Å². The molecule has 1 aromatic heterocycles. The van der Waals surface area contributed by atoms with E-state index in [9.17, 15) is 15.0 Å². The van der Waals surface area contributed by atoms with Crippen LogP contribution in [0.3, 0.4) is 0 Å². The van der Waals surface area contributed by atoms with Crippen LogP contribution in [0.1, 0.15) is 16.4 Å². The maximum Gasteiger partial charge on any atom is 0.286 e. The summed E-state index contributed by atoms with van der Waals surface area (Å²) in [7, 11) is 0. The van der Waals surface area contributed by atoms with Crippen molar-refractivity contribution in [1.82, 2.24) is 15.2 Å². The lowest BCUT2D eigenvalue weighted by molar-refractivity contribution is 0.0764. The highest BCUT2D eigenvalue weighted by Gasteiger charge is 2.32. The molecule has 1 heterocycles. The number of amides is 1. The van der Waals surface area contributed by atoms with E-state index in [-0.39, 0.29) is 22.8 Å². The molecule has 1 aliphatic carbocycles. The molecule has 0 aliphatic heterocycles. The quantitative estimate of drug-likeness (QED) is 0.369. The van der Waals surface area contributed by atoms with Gasteiger partial charge in [0.05, 0.1) is 12.2 Å². The van der Waals surface area contributed by atoms with E-state index in [0.717, 1.165) is 0 Å². The van der Waals surface area contributed by atoms with Gasteiger partial charge in [-0.15, -0.1) is 5.73 Å². The van der Waals surface area contributed by atoms with Crippen molar-refractivity contribution in [3.05, 3.63) is 23.0 Å². The highest BCUT2D eigenvalue weighted by Crippen LogP contribution is 2.25. The third-order valence-electron chi connectivity index (χ3n) is 2.38. The van der Waals surface area contributed by atoms with E-state index >= 15 is 0 Å². The summed E-state index contributed by atoms with van der Waals surface area (Å²) >= 11 is 0. The van der Waals surface area contributed by atoms with Crippen molar-refractivity contribution >= 4 is 11.5 Å². The third kappa shape index (κ3) is 1.85. The Morgan fingerprint density at radius 2 is 2.18 bits per heavy atom. The first kappa shape index (κ1) is 11.5. The Balaban J connectivity index is 2.40. The van der Waals surface area contributed by atoms with Crippen molar-refractivity contribution in [3.63, 3.8) is 0 Å². The molecular weight excluding hydrogens is 228 g/mol. The molecule has 0 fully saturated rings. The first-order chi connectivity index (χ1) is 8.04. The van der Waals surface area contributed by atoms with Gasteiger partial charge in [0, 0.05) is 5.57 Å². The second kappa shape index (κ2) is 4.11. The fourth-order valence-electron chi connectivity index (χ4n) is 1.48. The van der Waals surface area contributed by atoms with E-state index in [1.807, 2.05) is 0 Å². The van der Waals surface area contributed by atoms with Crippen molar-refractivity contribution < 1.29 is 20.1 Å². The summed E-state index contributed by atoms with van der Waals surface area (Å²) < 4.78 is 0. The lowest BCUT2D eigenvalue weighted by atomic mass is 10.1. The summed E-state index contributed by atoms with van der Waals surface area (Å²) in [4.78, 5) is 14.5. The molecule has 2 rings (SSSR count). The number of aromatic nitrogens is 3. The molecule has 0 aromatic carbocycles. The van der Waals surface area contributed by atoms with Crippen molar-refractivity contribution in [3.8, 4) is 0 Å². The number of rotatable bonds is 3. The number of nitrogens with two attached hydrogens (primary N) is 1. The van der Waals surface area contributed by atoms with Crippen molar-refractivity contribution in [1.29, 1.82) is 0 Å². The number of hydrogen-bond acceptors (Lipinski definition) is 6. The molecule has 2 atom stereocenters. The minimum absolute atomic E-state index is 0.00815. The smallest absolute Gasteiger partial charge is 0.286 e. The van der Waals surface area contributed by atoms with Gasteiger partial charge in [-0.3, -0.25) is 9.89 Å². The topological polar surface area (TPSA) is 145 Å². The number of nitrogens with one attached hydrogen (secondary N) is 1. The molecule has 0 saturated heterocycles. The van der Waals surface area contributed by atoms with Gasteiger partial charge in [-0.1, -0.05) is 0 Å². The van der Waals surface area contributed by atoms with Crippen LogP contribution in [0.25, 0.3) is 5.57 Å². The van der Waals surface area contributed by atoms with Crippen molar-refractivity contribution in [2.24, 2.45) is 5.73 Å². The molecule has 0 bridgehead atoms. The van der Waals surface area contributed by atoms with Crippen LogP contribution < -0.4 is 5.73 Å².